The third-order valence-electron chi connectivity index (χ3n) is 4.02. The molecule has 1 aliphatic rings. The highest BCUT2D eigenvalue weighted by molar-refractivity contribution is 6.01. The molecule has 1 fully saturated rings. The number of nitrogens with zero attached hydrogens (tertiary/aromatic N) is 2. The molecule has 0 heterocycles. The molecule has 0 saturated heterocycles. The normalized spacial score (nSPS) is 21.1. The third-order valence-corrected chi connectivity index (χ3v) is 4.02. The molecule has 3 nitrogen and oxygen atoms in total. The third kappa shape index (κ3) is 4.18. The second-order valence-electron chi connectivity index (χ2n) is 6.37. The van der Waals surface area contributed by atoms with Crippen LogP contribution in [0.3, 0.4) is 0 Å². The van der Waals surface area contributed by atoms with Gasteiger partial charge in [0.25, 0.3) is 0 Å². The number of anilines is 1. The van der Waals surface area contributed by atoms with Gasteiger partial charge in [0.2, 0.25) is 0 Å². The topological polar surface area (TPSA) is 23.6 Å². The minimum Gasteiger partial charge on any atom is -0.378 e. The number of hydrogen-bond acceptors (Lipinski definition) is 3. The van der Waals surface area contributed by atoms with Crippen molar-refractivity contribution in [3.05, 3.63) is 35.4 Å². The van der Waals surface area contributed by atoms with E-state index in [0.29, 0.717) is 5.78 Å². The highest BCUT2D eigenvalue weighted by Crippen LogP contribution is 2.27. The van der Waals surface area contributed by atoms with Crippen molar-refractivity contribution in [1.82, 2.24) is 4.90 Å². The van der Waals surface area contributed by atoms with Crippen molar-refractivity contribution in [3.8, 4) is 0 Å². The molecule has 0 amide bonds. The smallest absolute Gasteiger partial charge is 0.163 e. The molecule has 0 aliphatic heterocycles. The molecular formula is C18H26N2O. The zero-order valence-corrected chi connectivity index (χ0v) is 13.6. The largest absolute Gasteiger partial charge is 0.378 e. The summed E-state index contributed by atoms with van der Waals surface area (Å²) in [5.41, 5.74) is 3.29. The summed E-state index contributed by atoms with van der Waals surface area (Å²) < 4.78 is 0. The van der Waals surface area contributed by atoms with Gasteiger partial charge in [-0.05, 0) is 62.7 Å². The first-order valence-electron chi connectivity index (χ1n) is 7.64. The summed E-state index contributed by atoms with van der Waals surface area (Å²) in [4.78, 5) is 16.7. The Hall–Kier alpha value is -1.61. The Morgan fingerprint density at radius 3 is 2.38 bits per heavy atom. The van der Waals surface area contributed by atoms with E-state index in [-0.39, 0.29) is 5.92 Å². The fourth-order valence-corrected chi connectivity index (χ4v) is 2.88. The van der Waals surface area contributed by atoms with E-state index in [1.807, 2.05) is 28.2 Å². The van der Waals surface area contributed by atoms with Gasteiger partial charge in [0, 0.05) is 32.2 Å². The number of allylic oxidation sites excluding steroid dienone is 1. The van der Waals surface area contributed by atoms with E-state index in [1.54, 1.807) is 0 Å². The molecule has 1 aromatic carbocycles. The van der Waals surface area contributed by atoms with Gasteiger partial charge in [0.15, 0.2) is 5.78 Å². The minimum atomic E-state index is 0.168. The summed E-state index contributed by atoms with van der Waals surface area (Å²) in [5.74, 6) is 0.507. The van der Waals surface area contributed by atoms with Gasteiger partial charge >= 0.3 is 0 Å². The van der Waals surface area contributed by atoms with Crippen molar-refractivity contribution in [2.24, 2.45) is 5.92 Å². The summed E-state index contributed by atoms with van der Waals surface area (Å²) >= 11 is 0. The van der Waals surface area contributed by atoms with Gasteiger partial charge in [-0.3, -0.25) is 4.79 Å². The zero-order valence-electron chi connectivity index (χ0n) is 13.6. The molecular weight excluding hydrogens is 260 g/mol. The van der Waals surface area contributed by atoms with E-state index < -0.39 is 0 Å². The Labute approximate surface area is 128 Å². The van der Waals surface area contributed by atoms with Crippen LogP contribution in [0.25, 0.3) is 6.08 Å². The number of Topliss-reactive ketones (excluding diaryl/α,β-unsaturated/α-hetero) is 1. The highest BCUT2D eigenvalue weighted by atomic mass is 16.1. The second-order valence-corrected chi connectivity index (χ2v) is 6.37. The monoisotopic (exact) mass is 286 g/mol. The molecule has 114 valence electrons. The van der Waals surface area contributed by atoms with Gasteiger partial charge in [0.1, 0.15) is 0 Å². The first-order chi connectivity index (χ1) is 9.97. The maximum absolute atomic E-state index is 12.5. The summed E-state index contributed by atoms with van der Waals surface area (Å²) in [6, 6.07) is 8.37. The molecule has 3 heteroatoms. The van der Waals surface area contributed by atoms with Crippen LogP contribution in [0.1, 0.15) is 24.8 Å². The van der Waals surface area contributed by atoms with Gasteiger partial charge in [0.05, 0.1) is 0 Å². The summed E-state index contributed by atoms with van der Waals surface area (Å²) in [6.07, 6.45) is 5.13. The maximum atomic E-state index is 12.5. The summed E-state index contributed by atoms with van der Waals surface area (Å²) in [6.45, 7) is 0.857. The average molecular weight is 286 g/mol. The van der Waals surface area contributed by atoms with E-state index >= 15 is 0 Å². The Bertz CT molecular complexity index is 515. The minimum absolute atomic E-state index is 0.168. The van der Waals surface area contributed by atoms with Crippen LogP contribution in [-0.4, -0.2) is 45.4 Å². The molecule has 0 radical (unpaired) electrons. The van der Waals surface area contributed by atoms with Gasteiger partial charge < -0.3 is 9.80 Å². The van der Waals surface area contributed by atoms with Crippen molar-refractivity contribution in [3.63, 3.8) is 0 Å². The molecule has 21 heavy (non-hydrogen) atoms. The van der Waals surface area contributed by atoms with E-state index in [0.717, 1.165) is 36.9 Å². The van der Waals surface area contributed by atoms with Crippen molar-refractivity contribution >= 4 is 17.5 Å². The van der Waals surface area contributed by atoms with Gasteiger partial charge in [-0.25, -0.2) is 0 Å². The molecule has 1 unspecified atom stereocenters. The Balaban J connectivity index is 2.13. The fourth-order valence-electron chi connectivity index (χ4n) is 2.88. The van der Waals surface area contributed by atoms with Crippen LogP contribution < -0.4 is 4.90 Å². The average Bonchev–Trinajstić information content (AvgIpc) is 2.43. The van der Waals surface area contributed by atoms with Crippen LogP contribution in [0.15, 0.2) is 29.8 Å². The fraction of sp³-hybridized carbons (Fsp3) is 0.500. The SMILES string of the molecule is CN(C)CC1CCC/C(=C/c2ccc(N(C)C)cc2)C1=O. The van der Waals surface area contributed by atoms with Gasteiger partial charge in [-0.1, -0.05) is 12.1 Å². The number of carbonyl (C=O) groups excluding carboxylic acids is 1. The van der Waals surface area contributed by atoms with Gasteiger partial charge in [-0.2, -0.15) is 0 Å². The summed E-state index contributed by atoms with van der Waals surface area (Å²) in [5, 5.41) is 0. The van der Waals surface area contributed by atoms with Crippen LogP contribution in [0.2, 0.25) is 0 Å². The first-order valence-corrected chi connectivity index (χ1v) is 7.64. The zero-order chi connectivity index (χ0) is 15.4. The molecule has 0 spiro atoms. The molecule has 1 saturated carbocycles. The second kappa shape index (κ2) is 6.90. The number of hydrogen-bond donors (Lipinski definition) is 0. The molecule has 1 aliphatic carbocycles. The lowest BCUT2D eigenvalue weighted by Crippen LogP contribution is -2.31. The Morgan fingerprint density at radius 1 is 1.14 bits per heavy atom. The number of benzene rings is 1. The maximum Gasteiger partial charge on any atom is 0.163 e. The number of ketones is 1. The van der Waals surface area contributed by atoms with Crippen LogP contribution in [-0.2, 0) is 4.79 Å². The molecule has 0 bridgehead atoms. The van der Waals surface area contributed by atoms with Crippen molar-refractivity contribution in [2.75, 3.05) is 39.6 Å². The molecule has 1 aromatic rings. The van der Waals surface area contributed by atoms with Crippen LogP contribution in [0.4, 0.5) is 5.69 Å². The Kier molecular flexibility index (Phi) is 5.18. The number of rotatable bonds is 4. The van der Waals surface area contributed by atoms with Crippen molar-refractivity contribution in [1.29, 1.82) is 0 Å². The molecule has 1 atom stereocenters. The lowest BCUT2D eigenvalue weighted by Gasteiger charge is -2.25. The van der Waals surface area contributed by atoms with Crippen molar-refractivity contribution < 1.29 is 4.79 Å². The lowest BCUT2D eigenvalue weighted by molar-refractivity contribution is -0.120. The van der Waals surface area contributed by atoms with E-state index in [1.165, 1.54) is 5.69 Å². The van der Waals surface area contributed by atoms with E-state index in [4.69, 9.17) is 0 Å². The van der Waals surface area contributed by atoms with Crippen LogP contribution in [0, 0.1) is 5.92 Å². The molecule has 0 aromatic heterocycles. The predicted molar refractivity (Wildman–Crippen MR) is 89.6 cm³/mol. The molecule has 0 N–H and O–H groups in total. The quantitative estimate of drug-likeness (QED) is 0.795. The molecule has 2 rings (SSSR count). The first kappa shape index (κ1) is 15.8. The van der Waals surface area contributed by atoms with E-state index in [2.05, 4.69) is 40.1 Å². The lowest BCUT2D eigenvalue weighted by atomic mass is 9.83. The van der Waals surface area contributed by atoms with Crippen LogP contribution >= 0.6 is 0 Å². The number of carbonyl (C=O) groups is 1. The summed E-state index contributed by atoms with van der Waals surface area (Å²) in [7, 11) is 8.13. The van der Waals surface area contributed by atoms with Crippen molar-refractivity contribution in [2.45, 2.75) is 19.3 Å². The van der Waals surface area contributed by atoms with E-state index in [9.17, 15) is 4.79 Å². The standard InChI is InChI=1S/C18H26N2O/c1-19(2)13-16-7-5-6-15(18(16)21)12-14-8-10-17(11-9-14)20(3)4/h8-12,16H,5-7,13H2,1-4H3/b15-12-. The van der Waals surface area contributed by atoms with Gasteiger partial charge in [-0.15, -0.1) is 0 Å². The highest BCUT2D eigenvalue weighted by Gasteiger charge is 2.26. The Morgan fingerprint density at radius 2 is 1.81 bits per heavy atom. The predicted octanol–water partition coefficient (Wildman–Crippen LogP) is 3.07. The van der Waals surface area contributed by atoms with Crippen LogP contribution in [0.5, 0.6) is 0 Å².